The highest BCUT2D eigenvalue weighted by Gasteiger charge is 2.26. The summed E-state index contributed by atoms with van der Waals surface area (Å²) in [5.74, 6) is 0. The molecule has 1 saturated carbocycles. The molecule has 1 fully saturated rings. The Bertz CT molecular complexity index is 427. The van der Waals surface area contributed by atoms with E-state index in [9.17, 15) is 5.11 Å². The first kappa shape index (κ1) is 12.0. The van der Waals surface area contributed by atoms with Crippen LogP contribution >= 0.6 is 0 Å². The molecule has 3 rings (SSSR count). The molecule has 1 aliphatic heterocycles. The largest absolute Gasteiger partial charge is 0.393 e. The number of nitrogens with zero attached hydrogens (tertiary/aromatic N) is 1. The number of nitrogens with one attached hydrogen (secondary N) is 1. The van der Waals surface area contributed by atoms with Crippen LogP contribution in [0.1, 0.15) is 30.4 Å². The van der Waals surface area contributed by atoms with Gasteiger partial charge in [-0.3, -0.25) is 0 Å². The molecule has 3 nitrogen and oxygen atoms in total. The summed E-state index contributed by atoms with van der Waals surface area (Å²) in [5.41, 5.74) is 4.24. The van der Waals surface area contributed by atoms with Crippen LogP contribution in [0.3, 0.4) is 0 Å². The minimum Gasteiger partial charge on any atom is -0.393 e. The lowest BCUT2D eigenvalue weighted by molar-refractivity contribution is 0.0619. The summed E-state index contributed by atoms with van der Waals surface area (Å²) in [6.45, 7) is 2.10. The molecule has 1 aromatic rings. The van der Waals surface area contributed by atoms with Gasteiger partial charge in [0.15, 0.2) is 0 Å². The Hall–Kier alpha value is -1.06. The van der Waals surface area contributed by atoms with Crippen molar-refractivity contribution in [2.24, 2.45) is 0 Å². The molecule has 0 bridgehead atoms. The lowest BCUT2D eigenvalue weighted by atomic mass is 9.89. The lowest BCUT2D eigenvalue weighted by Crippen LogP contribution is -2.43. The van der Waals surface area contributed by atoms with Crippen molar-refractivity contribution in [3.8, 4) is 0 Å². The Labute approximate surface area is 109 Å². The maximum atomic E-state index is 9.26. The molecule has 3 heteroatoms. The highest BCUT2D eigenvalue weighted by atomic mass is 16.3. The van der Waals surface area contributed by atoms with Crippen molar-refractivity contribution in [1.82, 2.24) is 5.32 Å². The van der Waals surface area contributed by atoms with Crippen LogP contribution in [0, 0.1) is 0 Å². The second-order valence-electron chi connectivity index (χ2n) is 5.69. The zero-order chi connectivity index (χ0) is 12.5. The topological polar surface area (TPSA) is 35.5 Å². The summed E-state index contributed by atoms with van der Waals surface area (Å²) < 4.78 is 0. The monoisotopic (exact) mass is 246 g/mol. The van der Waals surface area contributed by atoms with E-state index in [0.29, 0.717) is 6.04 Å². The van der Waals surface area contributed by atoms with E-state index in [1.54, 1.807) is 0 Å². The van der Waals surface area contributed by atoms with Crippen LogP contribution in [0.25, 0.3) is 0 Å². The molecule has 1 aliphatic carbocycles. The van der Waals surface area contributed by atoms with Crippen molar-refractivity contribution in [3.63, 3.8) is 0 Å². The van der Waals surface area contributed by atoms with Gasteiger partial charge in [-0.25, -0.2) is 0 Å². The molecular formula is C15H22N2O. The van der Waals surface area contributed by atoms with Gasteiger partial charge >= 0.3 is 0 Å². The van der Waals surface area contributed by atoms with Crippen LogP contribution in [0.15, 0.2) is 18.2 Å². The van der Waals surface area contributed by atoms with Crippen molar-refractivity contribution in [3.05, 3.63) is 29.3 Å². The summed E-state index contributed by atoms with van der Waals surface area (Å²) in [6.07, 6.45) is 4.21. The number of aliphatic hydroxyl groups excluding tert-OH is 1. The third-order valence-corrected chi connectivity index (χ3v) is 4.20. The van der Waals surface area contributed by atoms with E-state index in [1.807, 2.05) is 0 Å². The predicted molar refractivity (Wildman–Crippen MR) is 73.9 cm³/mol. The maximum absolute atomic E-state index is 9.26. The molecule has 98 valence electrons. The van der Waals surface area contributed by atoms with Gasteiger partial charge < -0.3 is 15.3 Å². The molecular weight excluding hydrogens is 224 g/mol. The molecule has 0 amide bonds. The van der Waals surface area contributed by atoms with E-state index < -0.39 is 0 Å². The quantitative estimate of drug-likeness (QED) is 0.852. The molecule has 0 atom stereocenters. The van der Waals surface area contributed by atoms with Crippen LogP contribution in [-0.4, -0.2) is 30.8 Å². The Morgan fingerprint density at radius 3 is 3.00 bits per heavy atom. The number of rotatable bonds is 3. The van der Waals surface area contributed by atoms with E-state index in [2.05, 4.69) is 35.5 Å². The zero-order valence-electron chi connectivity index (χ0n) is 11.0. The van der Waals surface area contributed by atoms with Gasteiger partial charge in [-0.05, 0) is 42.9 Å². The molecule has 0 unspecified atom stereocenters. The smallest absolute Gasteiger partial charge is 0.0570 e. The minimum atomic E-state index is -0.0697. The van der Waals surface area contributed by atoms with Crippen molar-refractivity contribution in [2.75, 3.05) is 18.5 Å². The number of hydrogen-bond donors (Lipinski definition) is 2. The highest BCUT2D eigenvalue weighted by molar-refractivity contribution is 5.56. The lowest BCUT2D eigenvalue weighted by Gasteiger charge is -2.32. The molecule has 0 radical (unpaired) electrons. The minimum absolute atomic E-state index is 0.0697. The third-order valence-electron chi connectivity index (χ3n) is 4.20. The summed E-state index contributed by atoms with van der Waals surface area (Å²) in [4.78, 5) is 2.35. The second kappa shape index (κ2) is 4.90. The Morgan fingerprint density at radius 1 is 1.39 bits per heavy atom. The molecule has 0 saturated heterocycles. The van der Waals surface area contributed by atoms with E-state index in [-0.39, 0.29) is 6.10 Å². The first-order valence-electron chi connectivity index (χ1n) is 6.97. The molecule has 18 heavy (non-hydrogen) atoms. The SMILES string of the molecule is CN1CCCc2cc(CNC3CC(O)C3)ccc21. The summed E-state index contributed by atoms with van der Waals surface area (Å²) >= 11 is 0. The fourth-order valence-corrected chi connectivity index (χ4v) is 2.97. The van der Waals surface area contributed by atoms with E-state index >= 15 is 0 Å². The van der Waals surface area contributed by atoms with E-state index in [4.69, 9.17) is 0 Å². The molecule has 2 aliphatic rings. The third kappa shape index (κ3) is 2.38. The van der Waals surface area contributed by atoms with Crippen LogP contribution < -0.4 is 10.2 Å². The molecule has 2 N–H and O–H groups in total. The fraction of sp³-hybridized carbons (Fsp3) is 0.600. The predicted octanol–water partition coefficient (Wildman–Crippen LogP) is 1.68. The number of aryl methyl sites for hydroxylation is 1. The Morgan fingerprint density at radius 2 is 2.22 bits per heavy atom. The Balaban J connectivity index is 1.63. The standard InChI is InChI=1S/C15H22N2O/c1-17-6-2-3-12-7-11(4-5-15(12)17)10-16-13-8-14(18)9-13/h4-5,7,13-14,16,18H,2-3,6,8-10H2,1H3. The molecule has 0 spiro atoms. The van der Waals surface area contributed by atoms with Gasteiger partial charge in [0.25, 0.3) is 0 Å². The summed E-state index contributed by atoms with van der Waals surface area (Å²) in [7, 11) is 2.17. The van der Waals surface area contributed by atoms with Gasteiger partial charge in [0.2, 0.25) is 0 Å². The molecule has 1 aromatic carbocycles. The number of anilines is 1. The molecule has 1 heterocycles. The normalized spacial score (nSPS) is 26.7. The molecule has 0 aromatic heterocycles. The van der Waals surface area contributed by atoms with Crippen molar-refractivity contribution < 1.29 is 5.11 Å². The van der Waals surface area contributed by atoms with Crippen LogP contribution in [0.5, 0.6) is 0 Å². The van der Waals surface area contributed by atoms with Gasteiger partial charge in [-0.15, -0.1) is 0 Å². The maximum Gasteiger partial charge on any atom is 0.0570 e. The number of fused-ring (bicyclic) bond motifs is 1. The zero-order valence-corrected chi connectivity index (χ0v) is 11.0. The summed E-state index contributed by atoms with van der Waals surface area (Å²) in [5, 5.41) is 12.8. The van der Waals surface area contributed by atoms with Gasteiger partial charge in [0, 0.05) is 31.9 Å². The summed E-state index contributed by atoms with van der Waals surface area (Å²) in [6, 6.07) is 7.33. The average Bonchev–Trinajstić information content (AvgIpc) is 2.33. The second-order valence-corrected chi connectivity index (χ2v) is 5.69. The van der Waals surface area contributed by atoms with Crippen molar-refractivity contribution in [1.29, 1.82) is 0 Å². The number of benzene rings is 1. The Kier molecular flexibility index (Phi) is 3.27. The van der Waals surface area contributed by atoms with Gasteiger partial charge in [0.05, 0.1) is 6.10 Å². The average molecular weight is 246 g/mol. The van der Waals surface area contributed by atoms with Crippen LogP contribution in [0.4, 0.5) is 5.69 Å². The van der Waals surface area contributed by atoms with Crippen LogP contribution in [-0.2, 0) is 13.0 Å². The highest BCUT2D eigenvalue weighted by Crippen LogP contribution is 2.27. The number of aliphatic hydroxyl groups is 1. The van der Waals surface area contributed by atoms with Crippen molar-refractivity contribution in [2.45, 2.75) is 44.4 Å². The van der Waals surface area contributed by atoms with Crippen LogP contribution in [0.2, 0.25) is 0 Å². The van der Waals surface area contributed by atoms with Crippen molar-refractivity contribution >= 4 is 5.69 Å². The van der Waals surface area contributed by atoms with E-state index in [1.165, 1.54) is 36.2 Å². The fourth-order valence-electron chi connectivity index (χ4n) is 2.97. The van der Waals surface area contributed by atoms with Gasteiger partial charge in [0.1, 0.15) is 0 Å². The van der Waals surface area contributed by atoms with Gasteiger partial charge in [-0.2, -0.15) is 0 Å². The van der Waals surface area contributed by atoms with E-state index in [0.717, 1.165) is 19.4 Å². The van der Waals surface area contributed by atoms with Gasteiger partial charge in [-0.1, -0.05) is 12.1 Å². The first-order chi connectivity index (χ1) is 8.72. The first-order valence-corrected chi connectivity index (χ1v) is 6.97. The number of hydrogen-bond acceptors (Lipinski definition) is 3.